The minimum Gasteiger partial charge on any atom is -0.497 e. The van der Waals surface area contributed by atoms with Crippen molar-refractivity contribution in [3.05, 3.63) is 90.0 Å². The monoisotopic (exact) mass is 604 g/mol. The van der Waals surface area contributed by atoms with Crippen molar-refractivity contribution in [3.63, 3.8) is 0 Å². The van der Waals surface area contributed by atoms with E-state index < -0.39 is 24.4 Å². The molecule has 1 aliphatic carbocycles. The van der Waals surface area contributed by atoms with Gasteiger partial charge < -0.3 is 19.7 Å². The molecule has 1 saturated heterocycles. The molecule has 6 rings (SSSR count). The molecule has 2 aliphatic rings. The van der Waals surface area contributed by atoms with Crippen molar-refractivity contribution in [1.82, 2.24) is 15.2 Å². The van der Waals surface area contributed by atoms with Crippen LogP contribution in [0.25, 0.3) is 22.0 Å². The highest BCUT2D eigenvalue weighted by Gasteiger charge is 2.46. The number of ether oxygens (including phenoxy) is 2. The summed E-state index contributed by atoms with van der Waals surface area (Å²) in [4.78, 5) is 22.3. The lowest BCUT2D eigenvalue weighted by molar-refractivity contribution is -0.124. The maximum Gasteiger partial charge on any atom is 0.408 e. The highest BCUT2D eigenvalue weighted by atomic mass is 19.4. The first-order valence-corrected chi connectivity index (χ1v) is 14.9. The zero-order valence-corrected chi connectivity index (χ0v) is 24.6. The fourth-order valence-corrected chi connectivity index (χ4v) is 6.39. The van der Waals surface area contributed by atoms with Gasteiger partial charge in [0, 0.05) is 42.7 Å². The largest absolute Gasteiger partial charge is 0.497 e. The summed E-state index contributed by atoms with van der Waals surface area (Å²) < 4.78 is 49.8. The van der Waals surface area contributed by atoms with Crippen molar-refractivity contribution in [2.24, 2.45) is 0 Å². The van der Waals surface area contributed by atoms with Crippen LogP contribution >= 0.6 is 0 Å². The third kappa shape index (κ3) is 6.17. The number of aromatic nitrogens is 1. The second kappa shape index (κ2) is 12.4. The highest BCUT2D eigenvalue weighted by molar-refractivity contribution is 5.83. The van der Waals surface area contributed by atoms with E-state index in [1.165, 1.54) is 0 Å². The molecule has 1 aromatic heterocycles. The number of pyridine rings is 1. The van der Waals surface area contributed by atoms with Gasteiger partial charge >= 0.3 is 12.3 Å². The van der Waals surface area contributed by atoms with Crippen molar-refractivity contribution in [1.29, 1.82) is 0 Å². The van der Waals surface area contributed by atoms with Crippen LogP contribution in [0.2, 0.25) is 0 Å². The second-order valence-electron chi connectivity index (χ2n) is 11.3. The van der Waals surface area contributed by atoms with Crippen LogP contribution in [-0.2, 0) is 10.3 Å². The molecule has 0 atom stereocenters. The van der Waals surface area contributed by atoms with E-state index in [1.54, 1.807) is 7.11 Å². The molecule has 0 saturated carbocycles. The van der Waals surface area contributed by atoms with E-state index in [4.69, 9.17) is 14.5 Å². The van der Waals surface area contributed by atoms with Crippen LogP contribution in [0, 0.1) is 0 Å². The maximum absolute atomic E-state index is 12.9. The lowest BCUT2D eigenvalue weighted by atomic mass is 9.86. The van der Waals surface area contributed by atoms with E-state index in [0.29, 0.717) is 6.42 Å². The molecule has 3 aromatic carbocycles. The first-order valence-electron chi connectivity index (χ1n) is 14.9. The van der Waals surface area contributed by atoms with Crippen molar-refractivity contribution in [2.45, 2.75) is 31.0 Å². The molecule has 0 unspecified atom stereocenters. The molecule has 7 nitrogen and oxygen atoms in total. The lowest BCUT2D eigenvalue weighted by Gasteiger charge is -2.36. The molecule has 2 heterocycles. The minimum atomic E-state index is -4.53. The average molecular weight is 605 g/mol. The number of rotatable bonds is 9. The molecule has 230 valence electrons. The van der Waals surface area contributed by atoms with Gasteiger partial charge in [0.05, 0.1) is 12.6 Å². The lowest BCUT2D eigenvalue weighted by Crippen LogP contribution is -2.47. The highest BCUT2D eigenvalue weighted by Crippen LogP contribution is 2.52. The summed E-state index contributed by atoms with van der Waals surface area (Å²) in [6, 6.07) is 25.3. The molecule has 0 spiro atoms. The standard InChI is InChI=1S/C34H35F3N4O3/c1-43-25-13-14-30-24(22-25)12-15-31(39-30)41-20-18-40(19-21-41)17-7-6-16-33(44-32(42)38-23-34(35,36)37)28-10-4-2-8-26(28)27-9-3-5-11-29(27)33/h2-5,8-15,22H,6-7,16-21,23H2,1H3,(H,38,42). The number of halogens is 3. The number of nitrogens with one attached hydrogen (secondary N) is 1. The topological polar surface area (TPSA) is 66.9 Å². The number of benzene rings is 3. The van der Waals surface area contributed by atoms with Crippen molar-refractivity contribution in [2.75, 3.05) is 51.3 Å². The number of unbranched alkanes of at least 4 members (excludes halogenated alkanes) is 1. The van der Waals surface area contributed by atoms with Crippen LogP contribution in [0.1, 0.15) is 30.4 Å². The summed E-state index contributed by atoms with van der Waals surface area (Å²) in [6.07, 6.45) is -3.56. The van der Waals surface area contributed by atoms with Gasteiger partial charge in [0.25, 0.3) is 0 Å². The fraction of sp³-hybridized carbons (Fsp3) is 0.353. The molecule has 1 amide bonds. The summed E-state index contributed by atoms with van der Waals surface area (Å²) >= 11 is 0. The Kier molecular flexibility index (Phi) is 8.35. The first kappa shape index (κ1) is 29.7. The van der Waals surface area contributed by atoms with E-state index in [2.05, 4.69) is 21.9 Å². The quantitative estimate of drug-likeness (QED) is 0.213. The number of hydrogen-bond donors (Lipinski definition) is 1. The number of methoxy groups -OCH3 is 1. The zero-order valence-electron chi connectivity index (χ0n) is 24.6. The summed E-state index contributed by atoms with van der Waals surface area (Å²) in [5.74, 6) is 1.77. The summed E-state index contributed by atoms with van der Waals surface area (Å²) in [6.45, 7) is 2.95. The number of alkyl halides is 3. The number of piperazine rings is 1. The Morgan fingerprint density at radius 1 is 0.909 bits per heavy atom. The van der Waals surface area contributed by atoms with Gasteiger partial charge in [-0.25, -0.2) is 9.78 Å². The van der Waals surface area contributed by atoms with Crippen LogP contribution in [0.4, 0.5) is 23.8 Å². The minimum absolute atomic E-state index is 0.465. The predicted molar refractivity (Wildman–Crippen MR) is 164 cm³/mol. The van der Waals surface area contributed by atoms with Crippen LogP contribution in [0.3, 0.4) is 0 Å². The van der Waals surface area contributed by atoms with Crippen LogP contribution in [-0.4, -0.2) is 68.5 Å². The van der Waals surface area contributed by atoms with Crippen LogP contribution < -0.4 is 15.0 Å². The smallest absolute Gasteiger partial charge is 0.408 e. The number of alkyl carbamates (subject to hydrolysis) is 1. The maximum atomic E-state index is 12.9. The van der Waals surface area contributed by atoms with Gasteiger partial charge in [0.1, 0.15) is 18.1 Å². The van der Waals surface area contributed by atoms with E-state index >= 15 is 0 Å². The van der Waals surface area contributed by atoms with E-state index in [0.717, 1.165) is 90.3 Å². The molecule has 1 N–H and O–H groups in total. The van der Waals surface area contributed by atoms with Crippen molar-refractivity contribution < 1.29 is 27.4 Å². The molecular formula is C34H35F3N4O3. The van der Waals surface area contributed by atoms with Gasteiger partial charge in [0.2, 0.25) is 0 Å². The van der Waals surface area contributed by atoms with Crippen LogP contribution in [0.5, 0.6) is 5.75 Å². The summed E-state index contributed by atoms with van der Waals surface area (Å²) in [7, 11) is 1.66. The van der Waals surface area contributed by atoms with Gasteiger partial charge in [-0.15, -0.1) is 0 Å². The van der Waals surface area contributed by atoms with Gasteiger partial charge in [-0.2, -0.15) is 13.2 Å². The predicted octanol–water partition coefficient (Wildman–Crippen LogP) is 6.75. The van der Waals surface area contributed by atoms with Crippen LogP contribution in [0.15, 0.2) is 78.9 Å². The molecule has 4 aromatic rings. The summed E-state index contributed by atoms with van der Waals surface area (Å²) in [5, 5.41) is 2.94. The third-order valence-corrected chi connectivity index (χ3v) is 8.55. The average Bonchev–Trinajstić information content (AvgIpc) is 3.31. The second-order valence-corrected chi connectivity index (χ2v) is 11.3. The van der Waals surface area contributed by atoms with Crippen molar-refractivity contribution in [3.8, 4) is 16.9 Å². The van der Waals surface area contributed by atoms with Gasteiger partial charge in [0.15, 0.2) is 5.60 Å². The van der Waals surface area contributed by atoms with Gasteiger partial charge in [-0.05, 0) is 67.3 Å². The molecular weight excluding hydrogens is 569 g/mol. The first-order chi connectivity index (χ1) is 21.3. The van der Waals surface area contributed by atoms with Gasteiger partial charge in [-0.3, -0.25) is 4.90 Å². The Labute approximate surface area is 254 Å². The van der Waals surface area contributed by atoms with E-state index in [-0.39, 0.29) is 0 Å². The third-order valence-electron chi connectivity index (χ3n) is 8.55. The van der Waals surface area contributed by atoms with Crippen molar-refractivity contribution >= 4 is 22.8 Å². The van der Waals surface area contributed by atoms with Gasteiger partial charge in [-0.1, -0.05) is 48.5 Å². The normalized spacial score (nSPS) is 16.0. The number of fused-ring (bicyclic) bond motifs is 4. The Morgan fingerprint density at radius 3 is 2.25 bits per heavy atom. The fourth-order valence-electron chi connectivity index (χ4n) is 6.39. The number of nitrogens with zero attached hydrogens (tertiary/aromatic N) is 3. The molecule has 0 bridgehead atoms. The number of carbonyl (C=O) groups is 1. The number of anilines is 1. The molecule has 10 heteroatoms. The molecule has 1 fully saturated rings. The SMILES string of the molecule is COc1ccc2nc(N3CCN(CCCCC4(OC(=O)NCC(F)(F)F)c5ccccc5-c5ccccc54)CC3)ccc2c1. The number of amides is 1. The molecule has 1 aliphatic heterocycles. The van der Waals surface area contributed by atoms with E-state index in [9.17, 15) is 18.0 Å². The summed E-state index contributed by atoms with van der Waals surface area (Å²) in [5.41, 5.74) is 3.25. The number of hydrogen-bond acceptors (Lipinski definition) is 6. The Bertz CT molecular complexity index is 1590. The number of carbonyl (C=O) groups excluding carboxylic acids is 1. The Balaban J connectivity index is 1.09. The Morgan fingerprint density at radius 2 is 1.59 bits per heavy atom. The molecule has 0 radical (unpaired) electrons. The molecule has 44 heavy (non-hydrogen) atoms. The van der Waals surface area contributed by atoms with E-state index in [1.807, 2.05) is 72.0 Å². The zero-order chi connectivity index (χ0) is 30.7. The Hall–Kier alpha value is -4.31.